The zero-order valence-electron chi connectivity index (χ0n) is 11.4. The van der Waals surface area contributed by atoms with Gasteiger partial charge in [0.05, 0.1) is 5.56 Å². The molecule has 2 N–H and O–H groups in total. The van der Waals surface area contributed by atoms with Gasteiger partial charge in [-0.05, 0) is 44.0 Å². The van der Waals surface area contributed by atoms with Gasteiger partial charge in [-0.1, -0.05) is 0 Å². The number of aromatic nitrogens is 2. The third-order valence-electron chi connectivity index (χ3n) is 3.41. The lowest BCUT2D eigenvalue weighted by Gasteiger charge is -2.20. The molecule has 0 spiro atoms. The van der Waals surface area contributed by atoms with Crippen LogP contribution in [0.2, 0.25) is 0 Å². The number of pyridine rings is 1. The molecule has 2 aromatic rings. The topological polar surface area (TPSA) is 66.9 Å². The lowest BCUT2D eigenvalue weighted by atomic mass is 9.97. The summed E-state index contributed by atoms with van der Waals surface area (Å²) in [6.45, 7) is 2.11. The number of carbonyl (C=O) groups excluding carboxylic acids is 1. The molecule has 0 unspecified atom stereocenters. The van der Waals surface area contributed by atoms with Crippen LogP contribution in [0.5, 0.6) is 0 Å². The zero-order chi connectivity index (χ0) is 13.8. The molecule has 1 amide bonds. The second kappa shape index (κ2) is 7.49. The Morgan fingerprint density at radius 3 is 2.86 bits per heavy atom. The highest BCUT2D eigenvalue weighted by atomic mass is 35.5. The fourth-order valence-corrected chi connectivity index (χ4v) is 3.29. The number of carbonyl (C=O) groups is 1. The molecule has 7 heteroatoms. The molecule has 1 aliphatic rings. The summed E-state index contributed by atoms with van der Waals surface area (Å²) in [5, 5.41) is 6.84. The summed E-state index contributed by atoms with van der Waals surface area (Å²) in [5.41, 5.74) is 0.547. The van der Waals surface area contributed by atoms with Crippen molar-refractivity contribution in [1.82, 2.24) is 15.3 Å². The monoisotopic (exact) mass is 324 g/mol. The first kappa shape index (κ1) is 15.9. The predicted octanol–water partition coefficient (Wildman–Crippen LogP) is 2.68. The first-order chi connectivity index (χ1) is 9.83. The van der Waals surface area contributed by atoms with E-state index >= 15 is 0 Å². The van der Waals surface area contributed by atoms with Gasteiger partial charge < -0.3 is 5.32 Å². The molecule has 3 heterocycles. The van der Waals surface area contributed by atoms with Gasteiger partial charge in [0, 0.05) is 23.5 Å². The van der Waals surface area contributed by atoms with Crippen molar-refractivity contribution in [3.05, 3.63) is 41.2 Å². The van der Waals surface area contributed by atoms with Crippen molar-refractivity contribution in [2.45, 2.75) is 18.8 Å². The molecular weight excluding hydrogens is 308 g/mol. The average molecular weight is 325 g/mol. The van der Waals surface area contributed by atoms with E-state index in [0.717, 1.165) is 25.9 Å². The molecule has 112 valence electrons. The van der Waals surface area contributed by atoms with Crippen LogP contribution in [0.4, 0.5) is 5.13 Å². The van der Waals surface area contributed by atoms with Crippen LogP contribution in [0, 0.1) is 0 Å². The van der Waals surface area contributed by atoms with Crippen LogP contribution in [-0.2, 0) is 0 Å². The lowest BCUT2D eigenvalue weighted by Crippen LogP contribution is -2.26. The van der Waals surface area contributed by atoms with Crippen molar-refractivity contribution in [2.24, 2.45) is 0 Å². The smallest absolute Gasteiger partial charge is 0.259 e. The number of thiazole rings is 1. The molecule has 1 saturated heterocycles. The van der Waals surface area contributed by atoms with Crippen LogP contribution in [0.25, 0.3) is 0 Å². The lowest BCUT2D eigenvalue weighted by molar-refractivity contribution is 0.102. The Bertz CT molecular complexity index is 584. The summed E-state index contributed by atoms with van der Waals surface area (Å²) in [7, 11) is 0. The highest BCUT2D eigenvalue weighted by Crippen LogP contribution is 2.31. The number of rotatable bonds is 3. The van der Waals surface area contributed by atoms with Crippen LogP contribution in [0.3, 0.4) is 0 Å². The van der Waals surface area contributed by atoms with Gasteiger partial charge in [0.15, 0.2) is 5.13 Å². The Morgan fingerprint density at radius 1 is 1.33 bits per heavy atom. The van der Waals surface area contributed by atoms with Crippen LogP contribution in [0.1, 0.15) is 34.0 Å². The van der Waals surface area contributed by atoms with E-state index < -0.39 is 0 Å². The summed E-state index contributed by atoms with van der Waals surface area (Å²) in [5.74, 6) is 0.405. The predicted molar refractivity (Wildman–Crippen MR) is 86.4 cm³/mol. The number of piperidine rings is 1. The molecule has 3 rings (SSSR count). The summed E-state index contributed by atoms with van der Waals surface area (Å²) >= 11 is 1.57. The number of amides is 1. The van der Waals surface area contributed by atoms with Gasteiger partial charge in [0.1, 0.15) is 0 Å². The zero-order valence-corrected chi connectivity index (χ0v) is 13.0. The molecule has 1 aliphatic heterocycles. The largest absolute Gasteiger partial charge is 0.317 e. The van der Waals surface area contributed by atoms with Crippen LogP contribution in [0.15, 0.2) is 30.7 Å². The Morgan fingerprint density at radius 2 is 2.14 bits per heavy atom. The summed E-state index contributed by atoms with van der Waals surface area (Å²) in [6, 6.07) is 3.49. The van der Waals surface area contributed by atoms with Gasteiger partial charge in [-0.2, -0.15) is 0 Å². The maximum atomic E-state index is 12.0. The van der Waals surface area contributed by atoms with E-state index in [4.69, 9.17) is 0 Å². The van der Waals surface area contributed by atoms with Crippen LogP contribution >= 0.6 is 23.7 Å². The Kier molecular flexibility index (Phi) is 5.67. The van der Waals surface area contributed by atoms with Crippen molar-refractivity contribution in [3.8, 4) is 0 Å². The maximum Gasteiger partial charge on any atom is 0.259 e. The Balaban J connectivity index is 0.00000161. The molecular formula is C14H17ClN4OS. The van der Waals surface area contributed by atoms with E-state index in [9.17, 15) is 4.79 Å². The van der Waals surface area contributed by atoms with Crippen molar-refractivity contribution in [1.29, 1.82) is 0 Å². The van der Waals surface area contributed by atoms with Crippen molar-refractivity contribution >= 4 is 34.8 Å². The normalized spacial score (nSPS) is 15.2. The number of nitrogens with zero attached hydrogens (tertiary/aromatic N) is 2. The third kappa shape index (κ3) is 4.00. The molecule has 1 fully saturated rings. The quantitative estimate of drug-likeness (QED) is 0.911. The molecule has 21 heavy (non-hydrogen) atoms. The van der Waals surface area contributed by atoms with Gasteiger partial charge in [-0.15, -0.1) is 23.7 Å². The van der Waals surface area contributed by atoms with E-state index in [0.29, 0.717) is 16.6 Å². The molecule has 0 radical (unpaired) electrons. The van der Waals surface area contributed by atoms with Gasteiger partial charge >= 0.3 is 0 Å². The van der Waals surface area contributed by atoms with E-state index in [1.165, 1.54) is 4.88 Å². The summed E-state index contributed by atoms with van der Waals surface area (Å²) < 4.78 is 0. The van der Waals surface area contributed by atoms with Gasteiger partial charge in [-0.25, -0.2) is 4.98 Å². The number of nitrogens with one attached hydrogen (secondary N) is 2. The molecule has 0 saturated carbocycles. The minimum atomic E-state index is -0.163. The van der Waals surface area contributed by atoms with Gasteiger partial charge in [0.2, 0.25) is 0 Å². The highest BCUT2D eigenvalue weighted by Gasteiger charge is 2.18. The fraction of sp³-hybridized carbons (Fsp3) is 0.357. The molecule has 0 atom stereocenters. The summed E-state index contributed by atoms with van der Waals surface area (Å²) in [6.07, 6.45) is 7.36. The second-order valence-corrected chi connectivity index (χ2v) is 5.85. The Hall–Kier alpha value is -1.50. The van der Waals surface area contributed by atoms with Gasteiger partial charge in [0.25, 0.3) is 5.91 Å². The van der Waals surface area contributed by atoms with E-state index in [-0.39, 0.29) is 18.3 Å². The minimum Gasteiger partial charge on any atom is -0.317 e. The van der Waals surface area contributed by atoms with Crippen molar-refractivity contribution in [2.75, 3.05) is 18.4 Å². The SMILES string of the molecule is Cl.O=C(Nc1ncc(C2CCNCC2)s1)c1cccnc1. The number of halogens is 1. The van der Waals surface area contributed by atoms with Crippen LogP contribution in [-0.4, -0.2) is 29.0 Å². The fourth-order valence-electron chi connectivity index (χ4n) is 2.31. The first-order valence-corrected chi connectivity index (χ1v) is 7.52. The molecule has 0 aliphatic carbocycles. The second-order valence-electron chi connectivity index (χ2n) is 4.79. The minimum absolute atomic E-state index is 0. The molecule has 0 bridgehead atoms. The standard InChI is InChI=1S/C14H16N4OS.ClH/c19-13(11-2-1-5-16-8-11)18-14-17-9-12(20-14)10-3-6-15-7-4-10;/h1-2,5,8-10,15H,3-4,6-7H2,(H,17,18,19);1H. The van der Waals surface area contributed by atoms with Crippen molar-refractivity contribution < 1.29 is 4.79 Å². The molecule has 2 aromatic heterocycles. The number of hydrogen-bond acceptors (Lipinski definition) is 5. The Labute approximate surface area is 133 Å². The van der Waals surface area contributed by atoms with E-state index in [1.807, 2.05) is 6.20 Å². The molecule has 0 aromatic carbocycles. The van der Waals surface area contributed by atoms with E-state index in [2.05, 4.69) is 20.6 Å². The third-order valence-corrected chi connectivity index (χ3v) is 4.48. The average Bonchev–Trinajstić information content (AvgIpc) is 2.97. The first-order valence-electron chi connectivity index (χ1n) is 6.71. The van der Waals surface area contributed by atoms with Crippen LogP contribution < -0.4 is 10.6 Å². The summed E-state index contributed by atoms with van der Waals surface area (Å²) in [4.78, 5) is 21.5. The van der Waals surface area contributed by atoms with E-state index in [1.54, 1.807) is 35.9 Å². The number of anilines is 1. The van der Waals surface area contributed by atoms with Gasteiger partial charge in [-0.3, -0.25) is 15.1 Å². The maximum absolute atomic E-state index is 12.0. The number of hydrogen-bond donors (Lipinski definition) is 2. The van der Waals surface area contributed by atoms with Crippen molar-refractivity contribution in [3.63, 3.8) is 0 Å². The highest BCUT2D eigenvalue weighted by molar-refractivity contribution is 7.15. The molecule has 5 nitrogen and oxygen atoms in total.